The summed E-state index contributed by atoms with van der Waals surface area (Å²) < 4.78 is 7.35. The maximum atomic E-state index is 6.30. The predicted molar refractivity (Wildman–Crippen MR) is 125 cm³/mol. The number of hydrogen-bond acceptors (Lipinski definition) is 7. The summed E-state index contributed by atoms with van der Waals surface area (Å²) in [6.45, 7) is 2.09. The van der Waals surface area contributed by atoms with Crippen LogP contribution in [0.15, 0.2) is 69.6 Å². The van der Waals surface area contributed by atoms with Crippen molar-refractivity contribution in [3.8, 4) is 17.1 Å². The van der Waals surface area contributed by atoms with Crippen LogP contribution in [0.3, 0.4) is 0 Å². The van der Waals surface area contributed by atoms with Crippen molar-refractivity contribution in [1.82, 2.24) is 15.2 Å². The minimum atomic E-state index is -0.352. The highest BCUT2D eigenvalue weighted by molar-refractivity contribution is 9.11. The first kappa shape index (κ1) is 19.5. The number of halogens is 1. The van der Waals surface area contributed by atoms with E-state index in [9.17, 15) is 0 Å². The van der Waals surface area contributed by atoms with Gasteiger partial charge in [0.2, 0.25) is 17.3 Å². The second-order valence-corrected chi connectivity index (χ2v) is 10.3. The number of fused-ring (bicyclic) bond motifs is 3. The summed E-state index contributed by atoms with van der Waals surface area (Å²) >= 11 is 6.71. The summed E-state index contributed by atoms with van der Waals surface area (Å²) in [6.07, 6.45) is -0.352. The molecule has 5 nitrogen and oxygen atoms in total. The lowest BCUT2D eigenvalue weighted by Gasteiger charge is -2.17. The third-order valence-corrected chi connectivity index (χ3v) is 7.25. The van der Waals surface area contributed by atoms with Crippen molar-refractivity contribution < 1.29 is 4.74 Å². The van der Waals surface area contributed by atoms with Crippen molar-refractivity contribution in [2.45, 2.75) is 24.1 Å². The van der Waals surface area contributed by atoms with E-state index < -0.39 is 0 Å². The molecule has 1 aliphatic heterocycles. The van der Waals surface area contributed by atoms with Gasteiger partial charge in [-0.2, -0.15) is 4.98 Å². The molecule has 0 bridgehead atoms. The Morgan fingerprint density at radius 2 is 1.90 bits per heavy atom. The first-order chi connectivity index (χ1) is 14.7. The second-order valence-electron chi connectivity index (χ2n) is 6.85. The zero-order chi connectivity index (χ0) is 20.5. The summed E-state index contributed by atoms with van der Waals surface area (Å²) in [5.41, 5.74) is 4.99. The number of thioether (sulfide) groups is 1. The quantitative estimate of drug-likeness (QED) is 0.326. The van der Waals surface area contributed by atoms with Crippen molar-refractivity contribution in [1.29, 1.82) is 0 Å². The van der Waals surface area contributed by atoms with E-state index in [4.69, 9.17) is 9.72 Å². The minimum absolute atomic E-state index is 0.352. The Kier molecular flexibility index (Phi) is 5.45. The van der Waals surface area contributed by atoms with Gasteiger partial charge in [-0.05, 0) is 46.6 Å². The van der Waals surface area contributed by atoms with Crippen LogP contribution < -0.4 is 10.1 Å². The van der Waals surface area contributed by atoms with E-state index in [2.05, 4.69) is 62.6 Å². The van der Waals surface area contributed by atoms with E-state index in [0.29, 0.717) is 16.7 Å². The standard InChI is InChI=1S/C22H17BrN4OS2/c1-13-6-8-14(9-7-13)12-29-22-25-21-19(26-27-22)15-4-2-3-5-16(15)24-20(28-21)17-10-11-18(23)30-17/h2-11,20,24H,12H2,1H3. The fourth-order valence-corrected chi connectivity index (χ4v) is 5.28. The van der Waals surface area contributed by atoms with Crippen molar-refractivity contribution in [2.24, 2.45) is 0 Å². The fourth-order valence-electron chi connectivity index (χ4n) is 3.14. The number of aryl methyl sites for hydroxylation is 1. The zero-order valence-electron chi connectivity index (χ0n) is 16.0. The fraction of sp³-hybridized carbons (Fsp3) is 0.136. The third-order valence-electron chi connectivity index (χ3n) is 4.67. The molecule has 8 heteroatoms. The molecule has 0 fully saturated rings. The highest BCUT2D eigenvalue weighted by Gasteiger charge is 2.26. The van der Waals surface area contributed by atoms with Gasteiger partial charge in [0.25, 0.3) is 0 Å². The van der Waals surface area contributed by atoms with E-state index in [1.807, 2.05) is 36.4 Å². The number of rotatable bonds is 4. The average Bonchev–Trinajstić information content (AvgIpc) is 3.12. The Balaban J connectivity index is 1.47. The van der Waals surface area contributed by atoms with E-state index in [0.717, 1.165) is 25.7 Å². The minimum Gasteiger partial charge on any atom is -0.447 e. The Hall–Kier alpha value is -2.42. The van der Waals surface area contributed by atoms with E-state index in [1.54, 1.807) is 23.1 Å². The van der Waals surface area contributed by atoms with Crippen LogP contribution in [0.25, 0.3) is 11.3 Å². The smallest absolute Gasteiger partial charge is 0.247 e. The van der Waals surface area contributed by atoms with Crippen LogP contribution >= 0.6 is 39.0 Å². The number of para-hydroxylation sites is 1. The van der Waals surface area contributed by atoms with Crippen LogP contribution in [0.5, 0.6) is 5.88 Å². The zero-order valence-corrected chi connectivity index (χ0v) is 19.2. The molecule has 0 radical (unpaired) electrons. The lowest BCUT2D eigenvalue weighted by molar-refractivity contribution is 0.229. The number of ether oxygens (including phenoxy) is 1. The first-order valence-electron chi connectivity index (χ1n) is 9.36. The molecule has 150 valence electrons. The molecule has 1 aliphatic rings. The summed E-state index contributed by atoms with van der Waals surface area (Å²) in [5.74, 6) is 1.26. The molecule has 0 saturated carbocycles. The van der Waals surface area contributed by atoms with Gasteiger partial charge in [-0.3, -0.25) is 0 Å². The van der Waals surface area contributed by atoms with E-state index in [-0.39, 0.29) is 6.23 Å². The molecular formula is C22H17BrN4OS2. The predicted octanol–water partition coefficient (Wildman–Crippen LogP) is 6.47. The SMILES string of the molecule is Cc1ccc(CSc2nnc3c(n2)OC(c2ccc(Br)s2)Nc2ccccc2-3)cc1. The van der Waals surface area contributed by atoms with Gasteiger partial charge in [-0.15, -0.1) is 21.5 Å². The van der Waals surface area contributed by atoms with Gasteiger partial charge in [0, 0.05) is 17.0 Å². The monoisotopic (exact) mass is 496 g/mol. The van der Waals surface area contributed by atoms with E-state index >= 15 is 0 Å². The molecule has 0 spiro atoms. The van der Waals surface area contributed by atoms with Gasteiger partial charge in [0.15, 0.2) is 5.69 Å². The normalized spacial score (nSPS) is 14.8. The third kappa shape index (κ3) is 4.08. The highest BCUT2D eigenvalue weighted by atomic mass is 79.9. The largest absolute Gasteiger partial charge is 0.447 e. The van der Waals surface area contributed by atoms with Gasteiger partial charge < -0.3 is 10.1 Å². The van der Waals surface area contributed by atoms with Crippen molar-refractivity contribution in [2.75, 3.05) is 5.32 Å². The van der Waals surface area contributed by atoms with Gasteiger partial charge in [-0.1, -0.05) is 59.8 Å². The molecule has 5 rings (SSSR count). The molecular weight excluding hydrogens is 480 g/mol. The topological polar surface area (TPSA) is 59.9 Å². The maximum absolute atomic E-state index is 6.30. The molecule has 1 N–H and O–H groups in total. The molecule has 30 heavy (non-hydrogen) atoms. The molecule has 4 aromatic rings. The lowest BCUT2D eigenvalue weighted by Crippen LogP contribution is -2.15. The molecule has 0 saturated heterocycles. The summed E-state index contributed by atoms with van der Waals surface area (Å²) in [6, 6.07) is 20.5. The van der Waals surface area contributed by atoms with Crippen LogP contribution in [0, 0.1) is 6.92 Å². The number of nitrogens with zero attached hydrogens (tertiary/aromatic N) is 3. The molecule has 0 aliphatic carbocycles. The number of benzene rings is 2. The Morgan fingerprint density at radius 3 is 2.70 bits per heavy atom. The number of hydrogen-bond donors (Lipinski definition) is 1. The van der Waals surface area contributed by atoms with Crippen LogP contribution in [0.2, 0.25) is 0 Å². The van der Waals surface area contributed by atoms with Crippen molar-refractivity contribution >= 4 is 44.7 Å². The van der Waals surface area contributed by atoms with Gasteiger partial charge in [0.1, 0.15) is 0 Å². The molecule has 1 unspecified atom stereocenters. The van der Waals surface area contributed by atoms with Gasteiger partial charge >= 0.3 is 0 Å². The number of thiophene rings is 1. The van der Waals surface area contributed by atoms with Crippen LogP contribution in [0.4, 0.5) is 5.69 Å². The van der Waals surface area contributed by atoms with Crippen LogP contribution in [-0.4, -0.2) is 15.2 Å². The van der Waals surface area contributed by atoms with Crippen molar-refractivity contribution in [3.05, 3.63) is 80.5 Å². The molecule has 0 amide bonds. The Labute approximate surface area is 191 Å². The number of anilines is 1. The highest BCUT2D eigenvalue weighted by Crippen LogP contribution is 2.41. The maximum Gasteiger partial charge on any atom is 0.247 e. The number of nitrogens with one attached hydrogen (secondary N) is 1. The summed E-state index contributed by atoms with van der Waals surface area (Å²) in [4.78, 5) is 5.76. The summed E-state index contributed by atoms with van der Waals surface area (Å²) in [7, 11) is 0. The van der Waals surface area contributed by atoms with Gasteiger partial charge in [-0.25, -0.2) is 0 Å². The first-order valence-corrected chi connectivity index (χ1v) is 12.0. The van der Waals surface area contributed by atoms with Crippen molar-refractivity contribution in [3.63, 3.8) is 0 Å². The molecule has 2 aromatic carbocycles. The molecule has 3 heterocycles. The molecule has 1 atom stereocenters. The average molecular weight is 497 g/mol. The van der Waals surface area contributed by atoms with Crippen LogP contribution in [-0.2, 0) is 5.75 Å². The Morgan fingerprint density at radius 1 is 1.07 bits per heavy atom. The Bertz CT molecular complexity index is 1200. The lowest BCUT2D eigenvalue weighted by atomic mass is 10.1. The van der Waals surface area contributed by atoms with Crippen LogP contribution in [0.1, 0.15) is 22.2 Å². The summed E-state index contributed by atoms with van der Waals surface area (Å²) in [5, 5.41) is 12.9. The number of aromatic nitrogens is 3. The second kappa shape index (κ2) is 8.37. The van der Waals surface area contributed by atoms with Gasteiger partial charge in [0.05, 0.1) is 8.66 Å². The molecule has 2 aromatic heterocycles. The van der Waals surface area contributed by atoms with E-state index in [1.165, 1.54) is 11.1 Å².